The van der Waals surface area contributed by atoms with Gasteiger partial charge in [-0.25, -0.2) is 0 Å². The van der Waals surface area contributed by atoms with Crippen molar-refractivity contribution in [3.05, 3.63) is 108 Å². The van der Waals surface area contributed by atoms with E-state index in [9.17, 15) is 4.79 Å². The van der Waals surface area contributed by atoms with Crippen molar-refractivity contribution >= 4 is 29.2 Å². The summed E-state index contributed by atoms with van der Waals surface area (Å²) in [6.07, 6.45) is 10.2. The third-order valence-electron chi connectivity index (χ3n) is 6.97. The van der Waals surface area contributed by atoms with Gasteiger partial charge in [0, 0.05) is 12.6 Å². The molecule has 0 aromatic heterocycles. The van der Waals surface area contributed by atoms with Crippen LogP contribution in [0.2, 0.25) is 0 Å². The molecular weight excluding hydrogens is 574 g/mol. The minimum Gasteiger partial charge on any atom is -0.497 e. The predicted molar refractivity (Wildman–Crippen MR) is 188 cm³/mol. The van der Waals surface area contributed by atoms with Crippen LogP contribution in [0.15, 0.2) is 112 Å². The van der Waals surface area contributed by atoms with Crippen LogP contribution in [0.1, 0.15) is 76.8 Å². The van der Waals surface area contributed by atoms with Crippen molar-refractivity contribution in [2.45, 2.75) is 72.1 Å². The Balaban J connectivity index is 0.000000259. The summed E-state index contributed by atoms with van der Waals surface area (Å²) in [6.45, 7) is 6.94. The summed E-state index contributed by atoms with van der Waals surface area (Å²) in [5.74, 6) is 2.02. The van der Waals surface area contributed by atoms with Crippen LogP contribution in [0, 0.1) is 0 Å². The Labute approximate surface area is 274 Å². The highest BCUT2D eigenvalue weighted by Crippen LogP contribution is 2.23. The third kappa shape index (κ3) is 13.9. The van der Waals surface area contributed by atoms with E-state index >= 15 is 0 Å². The molecule has 0 saturated heterocycles. The number of hydrogen-bond acceptors (Lipinski definition) is 7. The second kappa shape index (κ2) is 21.0. The molecular formula is C39H47N3O4. The number of methoxy groups -OCH3 is 1. The summed E-state index contributed by atoms with van der Waals surface area (Å²) >= 11 is 0. The van der Waals surface area contributed by atoms with E-state index in [2.05, 4.69) is 53.3 Å². The lowest BCUT2D eigenvalue weighted by Crippen LogP contribution is -2.07. The van der Waals surface area contributed by atoms with E-state index in [1.165, 1.54) is 18.4 Å². The number of esters is 1. The molecule has 0 radical (unpaired) electrons. The average Bonchev–Trinajstić information content (AvgIpc) is 3.10. The molecule has 0 N–H and O–H groups in total. The molecule has 0 heterocycles. The minimum atomic E-state index is -0.190. The molecule has 0 atom stereocenters. The Kier molecular flexibility index (Phi) is 16.3. The van der Waals surface area contributed by atoms with Crippen molar-refractivity contribution in [1.82, 2.24) is 0 Å². The highest BCUT2D eigenvalue weighted by molar-refractivity contribution is 5.82. The zero-order valence-electron chi connectivity index (χ0n) is 27.7. The summed E-state index contributed by atoms with van der Waals surface area (Å²) in [6, 6.07) is 30.8. The SMILES string of the molecule is CCCCCCC(=O)Oc1ccc(N=Nc2ccc(OCC)cc2)cc1.CCCCc1ccc(N=Cc2ccc(OC)cc2)cc1. The molecule has 242 valence electrons. The second-order valence-electron chi connectivity index (χ2n) is 10.7. The quantitative estimate of drug-likeness (QED) is 0.0410. The van der Waals surface area contributed by atoms with E-state index in [0.29, 0.717) is 24.5 Å². The fourth-order valence-electron chi connectivity index (χ4n) is 4.32. The Morgan fingerprint density at radius 3 is 1.76 bits per heavy atom. The number of nitrogens with zero attached hydrogens (tertiary/aromatic N) is 3. The fraction of sp³-hybridized carbons (Fsp3) is 0.333. The van der Waals surface area contributed by atoms with Gasteiger partial charge in [-0.15, -0.1) is 0 Å². The normalized spacial score (nSPS) is 10.9. The van der Waals surface area contributed by atoms with E-state index in [-0.39, 0.29) is 5.97 Å². The molecule has 0 aliphatic heterocycles. The molecule has 0 aliphatic rings. The zero-order valence-corrected chi connectivity index (χ0v) is 27.7. The number of benzene rings is 4. The van der Waals surface area contributed by atoms with Gasteiger partial charge < -0.3 is 14.2 Å². The van der Waals surface area contributed by atoms with Gasteiger partial charge in [0.15, 0.2) is 0 Å². The highest BCUT2D eigenvalue weighted by Gasteiger charge is 2.05. The summed E-state index contributed by atoms with van der Waals surface area (Å²) in [4.78, 5) is 16.3. The molecule has 4 aromatic rings. The molecule has 7 nitrogen and oxygen atoms in total. The van der Waals surface area contributed by atoms with Crippen LogP contribution in [0.5, 0.6) is 17.2 Å². The van der Waals surface area contributed by atoms with Gasteiger partial charge in [-0.1, -0.05) is 51.7 Å². The highest BCUT2D eigenvalue weighted by atomic mass is 16.5. The molecule has 0 bridgehead atoms. The molecule has 0 unspecified atom stereocenters. The monoisotopic (exact) mass is 621 g/mol. The number of hydrogen-bond donors (Lipinski definition) is 0. The number of azo groups is 1. The number of carbonyl (C=O) groups excluding carboxylic acids is 1. The maximum Gasteiger partial charge on any atom is 0.311 e. The molecule has 46 heavy (non-hydrogen) atoms. The smallest absolute Gasteiger partial charge is 0.311 e. The van der Waals surface area contributed by atoms with Crippen molar-refractivity contribution in [2.24, 2.45) is 15.2 Å². The lowest BCUT2D eigenvalue weighted by molar-refractivity contribution is -0.134. The molecule has 0 spiro atoms. The van der Waals surface area contributed by atoms with Gasteiger partial charge in [-0.05, 0) is 122 Å². The summed E-state index contributed by atoms with van der Waals surface area (Å²) in [5.41, 5.74) is 4.88. The average molecular weight is 622 g/mol. The van der Waals surface area contributed by atoms with E-state index in [4.69, 9.17) is 14.2 Å². The molecule has 0 saturated carbocycles. The van der Waals surface area contributed by atoms with Crippen molar-refractivity contribution in [2.75, 3.05) is 13.7 Å². The van der Waals surface area contributed by atoms with Crippen LogP contribution in [-0.2, 0) is 11.2 Å². The van der Waals surface area contributed by atoms with Gasteiger partial charge in [0.2, 0.25) is 0 Å². The van der Waals surface area contributed by atoms with E-state index in [0.717, 1.165) is 60.5 Å². The first-order valence-electron chi connectivity index (χ1n) is 16.2. The van der Waals surface area contributed by atoms with Gasteiger partial charge in [0.1, 0.15) is 17.2 Å². The first-order chi connectivity index (χ1) is 22.5. The fourth-order valence-corrected chi connectivity index (χ4v) is 4.32. The van der Waals surface area contributed by atoms with Gasteiger partial charge in [0.05, 0.1) is 30.8 Å². The number of aliphatic imine (C=N–C) groups is 1. The summed E-state index contributed by atoms with van der Waals surface area (Å²) in [7, 11) is 1.67. The van der Waals surface area contributed by atoms with E-state index < -0.39 is 0 Å². The van der Waals surface area contributed by atoms with Crippen molar-refractivity contribution in [3.63, 3.8) is 0 Å². The number of aryl methyl sites for hydroxylation is 1. The van der Waals surface area contributed by atoms with Crippen molar-refractivity contribution < 1.29 is 19.0 Å². The Morgan fingerprint density at radius 2 is 1.20 bits per heavy atom. The Morgan fingerprint density at radius 1 is 0.630 bits per heavy atom. The van der Waals surface area contributed by atoms with Crippen LogP contribution in [0.4, 0.5) is 17.1 Å². The lowest BCUT2D eigenvalue weighted by Gasteiger charge is -2.04. The molecule has 7 heteroatoms. The number of unbranched alkanes of at least 4 members (excludes halogenated alkanes) is 4. The maximum atomic E-state index is 11.8. The second-order valence-corrected chi connectivity index (χ2v) is 10.7. The molecule has 4 aromatic carbocycles. The topological polar surface area (TPSA) is 81.8 Å². The number of ether oxygens (including phenoxy) is 3. The van der Waals surface area contributed by atoms with Crippen LogP contribution in [0.3, 0.4) is 0 Å². The summed E-state index contributed by atoms with van der Waals surface area (Å²) in [5, 5.41) is 8.37. The van der Waals surface area contributed by atoms with E-state index in [1.807, 2.05) is 61.7 Å². The standard InChI is InChI=1S/C21H26N2O3.C18H21NO/c1-3-5-6-7-8-21(24)26-20-15-11-18(12-16-20)23-22-17-9-13-19(14-10-17)25-4-2;1-3-4-5-15-6-10-17(11-7-15)19-14-16-8-12-18(20-2)13-9-16/h9-16H,3-8H2,1-2H3;6-14H,3-5H2,1-2H3. The Bertz CT molecular complexity index is 1460. The van der Waals surface area contributed by atoms with Gasteiger partial charge in [0.25, 0.3) is 0 Å². The van der Waals surface area contributed by atoms with E-state index in [1.54, 1.807) is 31.4 Å². The third-order valence-corrected chi connectivity index (χ3v) is 6.97. The number of carbonyl (C=O) groups is 1. The first kappa shape index (κ1) is 35.7. The lowest BCUT2D eigenvalue weighted by atomic mass is 10.1. The van der Waals surface area contributed by atoms with Gasteiger partial charge in [-0.3, -0.25) is 9.79 Å². The molecule has 0 fully saturated rings. The van der Waals surface area contributed by atoms with Crippen LogP contribution in [0.25, 0.3) is 0 Å². The molecule has 0 aliphatic carbocycles. The predicted octanol–water partition coefficient (Wildman–Crippen LogP) is 11.2. The van der Waals surface area contributed by atoms with Crippen LogP contribution < -0.4 is 14.2 Å². The van der Waals surface area contributed by atoms with Gasteiger partial charge in [-0.2, -0.15) is 10.2 Å². The number of rotatable bonds is 16. The zero-order chi connectivity index (χ0) is 32.8. The molecule has 4 rings (SSSR count). The largest absolute Gasteiger partial charge is 0.497 e. The maximum absolute atomic E-state index is 11.8. The summed E-state index contributed by atoms with van der Waals surface area (Å²) < 4.78 is 15.8. The van der Waals surface area contributed by atoms with Gasteiger partial charge >= 0.3 is 5.97 Å². The molecule has 0 amide bonds. The van der Waals surface area contributed by atoms with Crippen LogP contribution in [-0.4, -0.2) is 25.9 Å². The first-order valence-corrected chi connectivity index (χ1v) is 16.2. The van der Waals surface area contributed by atoms with Crippen molar-refractivity contribution in [1.29, 1.82) is 0 Å². The minimum absolute atomic E-state index is 0.190. The van der Waals surface area contributed by atoms with Crippen molar-refractivity contribution in [3.8, 4) is 17.2 Å². The van der Waals surface area contributed by atoms with Crippen LogP contribution >= 0.6 is 0 Å². The Hall–Kier alpha value is -4.78.